The number of carbonyl (C=O) groups excluding carboxylic acids is 1. The van der Waals surface area contributed by atoms with Gasteiger partial charge in [0.1, 0.15) is 11.5 Å². The summed E-state index contributed by atoms with van der Waals surface area (Å²) in [5, 5.41) is 2.80. The molecule has 1 N–H and O–H groups in total. The Balaban J connectivity index is 2.12. The lowest BCUT2D eigenvalue weighted by Crippen LogP contribution is -2.25. The Hall–Kier alpha value is -2.23. The van der Waals surface area contributed by atoms with Gasteiger partial charge in [0.25, 0.3) is 5.91 Å². The van der Waals surface area contributed by atoms with Crippen LogP contribution in [0.4, 0.5) is 5.69 Å². The first-order valence-corrected chi connectivity index (χ1v) is 5.35. The predicted octanol–water partition coefficient (Wildman–Crippen LogP) is 2.59. The first-order chi connectivity index (χ1) is 8.24. The van der Waals surface area contributed by atoms with Gasteiger partial charge in [0, 0.05) is 5.56 Å². The third kappa shape index (κ3) is 1.67. The van der Waals surface area contributed by atoms with Crippen molar-refractivity contribution in [1.29, 1.82) is 0 Å². The quantitative estimate of drug-likeness (QED) is 0.817. The molecular formula is C13H11NO3. The number of rotatable bonds is 1. The predicted molar refractivity (Wildman–Crippen MR) is 63.0 cm³/mol. The van der Waals surface area contributed by atoms with Crippen molar-refractivity contribution in [1.82, 2.24) is 0 Å². The van der Waals surface area contributed by atoms with E-state index in [1.54, 1.807) is 6.26 Å². The number of aryl methyl sites for hydroxylation is 1. The minimum Gasteiger partial charge on any atom is -0.481 e. The van der Waals surface area contributed by atoms with Gasteiger partial charge in [-0.3, -0.25) is 4.79 Å². The van der Waals surface area contributed by atoms with Crippen LogP contribution in [-0.4, -0.2) is 12.5 Å². The molecule has 86 valence electrons. The van der Waals surface area contributed by atoms with E-state index in [0.717, 1.165) is 22.6 Å². The first kappa shape index (κ1) is 9.96. The number of benzene rings is 1. The Morgan fingerprint density at radius 1 is 1.35 bits per heavy atom. The van der Waals surface area contributed by atoms with Crippen LogP contribution in [0.3, 0.4) is 0 Å². The van der Waals surface area contributed by atoms with Gasteiger partial charge in [-0.2, -0.15) is 0 Å². The van der Waals surface area contributed by atoms with Crippen molar-refractivity contribution < 1.29 is 13.9 Å². The van der Waals surface area contributed by atoms with Gasteiger partial charge < -0.3 is 14.5 Å². The third-order valence-electron chi connectivity index (χ3n) is 2.70. The van der Waals surface area contributed by atoms with Crippen LogP contribution in [-0.2, 0) is 4.79 Å². The highest BCUT2D eigenvalue weighted by Crippen LogP contribution is 2.36. The molecule has 4 heteroatoms. The maximum atomic E-state index is 11.3. The number of nitrogens with one attached hydrogen (secondary N) is 1. The van der Waals surface area contributed by atoms with E-state index in [1.807, 2.05) is 31.2 Å². The fourth-order valence-corrected chi connectivity index (χ4v) is 1.97. The summed E-state index contributed by atoms with van der Waals surface area (Å²) in [7, 11) is 0. The molecule has 4 nitrogen and oxygen atoms in total. The molecule has 1 aliphatic rings. The Morgan fingerprint density at radius 3 is 3.00 bits per heavy atom. The Labute approximate surface area is 98.2 Å². The van der Waals surface area contributed by atoms with Gasteiger partial charge in [-0.05, 0) is 36.8 Å². The molecule has 0 radical (unpaired) electrons. The number of fused-ring (bicyclic) bond motifs is 1. The normalized spacial score (nSPS) is 13.8. The molecule has 2 aromatic rings. The largest absolute Gasteiger partial charge is 0.481 e. The summed E-state index contributed by atoms with van der Waals surface area (Å²) in [5.74, 6) is 1.38. The van der Waals surface area contributed by atoms with Crippen molar-refractivity contribution in [2.75, 3.05) is 11.9 Å². The van der Waals surface area contributed by atoms with Gasteiger partial charge in [0.15, 0.2) is 6.61 Å². The van der Waals surface area contributed by atoms with Crippen molar-refractivity contribution in [2.45, 2.75) is 6.92 Å². The van der Waals surface area contributed by atoms with Crippen LogP contribution in [0.1, 0.15) is 5.56 Å². The highest BCUT2D eigenvalue weighted by molar-refractivity contribution is 5.96. The maximum absolute atomic E-state index is 11.3. The third-order valence-corrected chi connectivity index (χ3v) is 2.70. The Bertz CT molecular complexity index is 573. The maximum Gasteiger partial charge on any atom is 0.262 e. The fraction of sp³-hybridized carbons (Fsp3) is 0.154. The molecule has 1 aromatic heterocycles. The fourth-order valence-electron chi connectivity index (χ4n) is 1.97. The number of hydrogen-bond acceptors (Lipinski definition) is 3. The summed E-state index contributed by atoms with van der Waals surface area (Å²) in [5.41, 5.74) is 2.61. The molecule has 1 aromatic carbocycles. The average molecular weight is 229 g/mol. The van der Waals surface area contributed by atoms with Gasteiger partial charge in [-0.15, -0.1) is 0 Å². The lowest BCUT2D eigenvalue weighted by atomic mass is 10.1. The van der Waals surface area contributed by atoms with E-state index in [9.17, 15) is 4.79 Å². The minimum atomic E-state index is -0.131. The molecule has 3 rings (SSSR count). The van der Waals surface area contributed by atoms with Crippen molar-refractivity contribution in [2.24, 2.45) is 0 Å². The van der Waals surface area contributed by atoms with E-state index in [0.29, 0.717) is 5.69 Å². The minimum absolute atomic E-state index is 0.0773. The molecule has 17 heavy (non-hydrogen) atoms. The van der Waals surface area contributed by atoms with Crippen LogP contribution in [0.25, 0.3) is 11.3 Å². The summed E-state index contributed by atoms with van der Waals surface area (Å²) < 4.78 is 10.7. The van der Waals surface area contributed by atoms with Gasteiger partial charge >= 0.3 is 0 Å². The number of furan rings is 1. The van der Waals surface area contributed by atoms with Gasteiger partial charge in [-0.1, -0.05) is 0 Å². The topological polar surface area (TPSA) is 51.5 Å². The van der Waals surface area contributed by atoms with Crippen LogP contribution in [0, 0.1) is 6.92 Å². The molecule has 0 spiro atoms. The second kappa shape index (κ2) is 3.66. The second-order valence-electron chi connectivity index (χ2n) is 3.98. The lowest BCUT2D eigenvalue weighted by molar-refractivity contribution is -0.118. The van der Waals surface area contributed by atoms with Crippen molar-refractivity contribution >= 4 is 11.6 Å². The zero-order chi connectivity index (χ0) is 11.8. The van der Waals surface area contributed by atoms with Crippen molar-refractivity contribution in [3.05, 3.63) is 36.1 Å². The summed E-state index contributed by atoms with van der Waals surface area (Å²) in [6.45, 7) is 2.02. The number of carbonyl (C=O) groups is 1. The van der Waals surface area contributed by atoms with E-state index < -0.39 is 0 Å². The molecule has 1 amide bonds. The van der Waals surface area contributed by atoms with E-state index in [1.165, 1.54) is 0 Å². The monoisotopic (exact) mass is 229 g/mol. The van der Waals surface area contributed by atoms with Gasteiger partial charge in [0.2, 0.25) is 0 Å². The van der Waals surface area contributed by atoms with Gasteiger partial charge in [0.05, 0.1) is 12.0 Å². The van der Waals surface area contributed by atoms with E-state index >= 15 is 0 Å². The van der Waals surface area contributed by atoms with Crippen LogP contribution in [0.15, 0.2) is 34.9 Å². The molecular weight excluding hydrogens is 218 g/mol. The van der Waals surface area contributed by atoms with E-state index in [2.05, 4.69) is 5.32 Å². The molecule has 0 atom stereocenters. The summed E-state index contributed by atoms with van der Waals surface area (Å²) in [4.78, 5) is 11.3. The molecule has 0 saturated heterocycles. The number of amides is 1. The molecule has 2 heterocycles. The first-order valence-electron chi connectivity index (χ1n) is 5.35. The number of anilines is 1. The standard InChI is InChI=1S/C13H11NO3/c1-8-5-9(11-3-2-4-16-11)6-10-13(8)17-7-12(15)14-10/h2-6H,7H2,1H3,(H,14,15). The van der Waals surface area contributed by atoms with Crippen LogP contribution >= 0.6 is 0 Å². The Kier molecular flexibility index (Phi) is 2.14. The molecule has 0 fully saturated rings. The molecule has 0 bridgehead atoms. The molecule has 0 unspecified atom stereocenters. The molecule has 0 saturated carbocycles. The summed E-state index contributed by atoms with van der Waals surface area (Å²) in [6.07, 6.45) is 1.62. The Morgan fingerprint density at radius 2 is 2.24 bits per heavy atom. The van der Waals surface area contributed by atoms with E-state index in [-0.39, 0.29) is 12.5 Å². The van der Waals surface area contributed by atoms with Crippen LogP contribution < -0.4 is 10.1 Å². The highest BCUT2D eigenvalue weighted by Gasteiger charge is 2.19. The molecule has 0 aliphatic carbocycles. The number of ether oxygens (including phenoxy) is 1. The van der Waals surface area contributed by atoms with Crippen molar-refractivity contribution in [3.63, 3.8) is 0 Å². The zero-order valence-corrected chi connectivity index (χ0v) is 9.32. The summed E-state index contributed by atoms with van der Waals surface area (Å²) in [6, 6.07) is 7.55. The lowest BCUT2D eigenvalue weighted by Gasteiger charge is -2.20. The second-order valence-corrected chi connectivity index (χ2v) is 3.98. The van der Waals surface area contributed by atoms with Crippen LogP contribution in [0.2, 0.25) is 0 Å². The smallest absolute Gasteiger partial charge is 0.262 e. The average Bonchev–Trinajstić information content (AvgIpc) is 2.81. The summed E-state index contributed by atoms with van der Waals surface area (Å²) >= 11 is 0. The zero-order valence-electron chi connectivity index (χ0n) is 9.32. The number of hydrogen-bond donors (Lipinski definition) is 1. The van der Waals surface area contributed by atoms with Gasteiger partial charge in [-0.25, -0.2) is 0 Å². The van der Waals surface area contributed by atoms with Crippen molar-refractivity contribution in [3.8, 4) is 17.1 Å². The van der Waals surface area contributed by atoms with E-state index in [4.69, 9.17) is 9.15 Å². The molecule has 1 aliphatic heterocycles. The van der Waals surface area contributed by atoms with Crippen LogP contribution in [0.5, 0.6) is 5.75 Å². The highest BCUT2D eigenvalue weighted by atomic mass is 16.5. The SMILES string of the molecule is Cc1cc(-c2ccco2)cc2c1OCC(=O)N2.